The SMILES string of the molecule is COc1ccc(NC(=O)COC(=O)COc2ccccc2C#N)cc1S(=O)(=O)N1CCCCC1. The third-order valence-electron chi connectivity index (χ3n) is 5.10. The zero-order chi connectivity index (χ0) is 24.6. The minimum absolute atomic E-state index is 0.0451. The number of esters is 1. The summed E-state index contributed by atoms with van der Waals surface area (Å²) >= 11 is 0. The molecule has 1 aliphatic heterocycles. The summed E-state index contributed by atoms with van der Waals surface area (Å²) < 4.78 is 43.0. The van der Waals surface area contributed by atoms with E-state index in [1.54, 1.807) is 18.2 Å². The van der Waals surface area contributed by atoms with Crippen LogP contribution in [0.15, 0.2) is 47.4 Å². The molecule has 0 bridgehead atoms. The average molecular weight is 488 g/mol. The van der Waals surface area contributed by atoms with E-state index < -0.39 is 35.1 Å². The highest BCUT2D eigenvalue weighted by Gasteiger charge is 2.29. The third-order valence-corrected chi connectivity index (χ3v) is 7.02. The topological polar surface area (TPSA) is 135 Å². The van der Waals surface area contributed by atoms with Crippen molar-refractivity contribution < 1.29 is 32.2 Å². The molecule has 1 saturated heterocycles. The van der Waals surface area contributed by atoms with Crippen molar-refractivity contribution in [3.05, 3.63) is 48.0 Å². The standard InChI is InChI=1S/C23H25N3O7S/c1-31-20-10-9-18(13-21(20)34(29,30)26-11-5-2-6-12-26)25-22(27)15-33-23(28)16-32-19-8-4-3-7-17(19)14-24/h3-4,7-10,13H,2,5-6,11-12,15-16H2,1H3,(H,25,27). The van der Waals surface area contributed by atoms with E-state index in [9.17, 15) is 18.0 Å². The second-order valence-corrected chi connectivity index (χ2v) is 9.34. The minimum Gasteiger partial charge on any atom is -0.495 e. The molecule has 2 aromatic rings. The van der Waals surface area contributed by atoms with Crippen LogP contribution in [-0.4, -0.2) is 58.0 Å². The highest BCUT2D eigenvalue weighted by molar-refractivity contribution is 7.89. The lowest BCUT2D eigenvalue weighted by molar-refractivity contribution is -0.149. The molecule has 1 aliphatic rings. The first kappa shape index (κ1) is 25.0. The summed E-state index contributed by atoms with van der Waals surface area (Å²) in [6.07, 6.45) is 2.55. The van der Waals surface area contributed by atoms with Gasteiger partial charge in [0.1, 0.15) is 22.5 Å². The van der Waals surface area contributed by atoms with Crippen LogP contribution in [-0.2, 0) is 24.3 Å². The van der Waals surface area contributed by atoms with Crippen molar-refractivity contribution >= 4 is 27.6 Å². The Morgan fingerprint density at radius 2 is 1.79 bits per heavy atom. The Hall–Kier alpha value is -3.62. The van der Waals surface area contributed by atoms with Gasteiger partial charge in [0.15, 0.2) is 13.2 Å². The number of para-hydroxylation sites is 1. The van der Waals surface area contributed by atoms with Crippen molar-refractivity contribution in [2.24, 2.45) is 0 Å². The van der Waals surface area contributed by atoms with Crippen LogP contribution in [0.2, 0.25) is 0 Å². The molecule has 0 spiro atoms. The maximum absolute atomic E-state index is 13.1. The van der Waals surface area contributed by atoms with Crippen LogP contribution in [0.4, 0.5) is 5.69 Å². The zero-order valence-corrected chi connectivity index (χ0v) is 19.5. The third kappa shape index (κ3) is 6.24. The molecule has 0 atom stereocenters. The lowest BCUT2D eigenvalue weighted by Gasteiger charge is -2.26. The molecule has 34 heavy (non-hydrogen) atoms. The Morgan fingerprint density at radius 3 is 2.50 bits per heavy atom. The van der Waals surface area contributed by atoms with E-state index in [0.29, 0.717) is 13.1 Å². The second-order valence-electron chi connectivity index (χ2n) is 7.44. The summed E-state index contributed by atoms with van der Waals surface area (Å²) in [5.74, 6) is -1.06. The van der Waals surface area contributed by atoms with E-state index in [1.165, 1.54) is 35.7 Å². The number of carbonyl (C=O) groups is 2. The van der Waals surface area contributed by atoms with Crippen molar-refractivity contribution in [1.82, 2.24) is 4.31 Å². The molecule has 3 rings (SSSR count). The van der Waals surface area contributed by atoms with Gasteiger partial charge in [-0.2, -0.15) is 9.57 Å². The lowest BCUT2D eigenvalue weighted by atomic mass is 10.2. The van der Waals surface area contributed by atoms with Crippen molar-refractivity contribution in [2.45, 2.75) is 24.2 Å². The van der Waals surface area contributed by atoms with E-state index in [1.807, 2.05) is 6.07 Å². The first-order chi connectivity index (χ1) is 16.3. The molecular weight excluding hydrogens is 462 g/mol. The molecule has 180 valence electrons. The molecule has 0 saturated carbocycles. The number of sulfonamides is 1. The van der Waals surface area contributed by atoms with E-state index >= 15 is 0 Å². The Bertz CT molecular complexity index is 1190. The van der Waals surface area contributed by atoms with Gasteiger partial charge < -0.3 is 19.5 Å². The predicted octanol–water partition coefficient (Wildman–Crippen LogP) is 2.30. The van der Waals surface area contributed by atoms with Gasteiger partial charge in [-0.05, 0) is 43.2 Å². The smallest absolute Gasteiger partial charge is 0.344 e. The van der Waals surface area contributed by atoms with Crippen LogP contribution in [0.1, 0.15) is 24.8 Å². The van der Waals surface area contributed by atoms with Gasteiger partial charge in [0.2, 0.25) is 10.0 Å². The molecule has 1 fully saturated rings. The summed E-state index contributed by atoms with van der Waals surface area (Å²) in [6.45, 7) is -0.215. The number of carbonyl (C=O) groups excluding carboxylic acids is 2. The molecule has 0 unspecified atom stereocenters. The van der Waals surface area contributed by atoms with E-state index in [-0.39, 0.29) is 27.6 Å². The Balaban J connectivity index is 1.58. The number of nitrogens with one attached hydrogen (secondary N) is 1. The van der Waals surface area contributed by atoms with Crippen molar-refractivity contribution in [1.29, 1.82) is 5.26 Å². The van der Waals surface area contributed by atoms with Crippen LogP contribution < -0.4 is 14.8 Å². The van der Waals surface area contributed by atoms with Crippen LogP contribution in [0.3, 0.4) is 0 Å². The fourth-order valence-corrected chi connectivity index (χ4v) is 5.11. The maximum Gasteiger partial charge on any atom is 0.344 e. The number of piperidine rings is 1. The summed E-state index contributed by atoms with van der Waals surface area (Å²) in [7, 11) is -2.42. The van der Waals surface area contributed by atoms with Crippen molar-refractivity contribution in [2.75, 3.05) is 38.7 Å². The van der Waals surface area contributed by atoms with Gasteiger partial charge in [-0.15, -0.1) is 0 Å². The summed E-state index contributed by atoms with van der Waals surface area (Å²) in [6, 6.07) is 12.6. The van der Waals surface area contributed by atoms with Crippen LogP contribution >= 0.6 is 0 Å². The van der Waals surface area contributed by atoms with Crippen molar-refractivity contribution in [3.8, 4) is 17.6 Å². The first-order valence-corrected chi connectivity index (χ1v) is 12.0. The monoisotopic (exact) mass is 487 g/mol. The van der Waals surface area contributed by atoms with Crippen molar-refractivity contribution in [3.63, 3.8) is 0 Å². The summed E-state index contributed by atoms with van der Waals surface area (Å²) in [5.41, 5.74) is 0.486. The Kier molecular flexibility index (Phi) is 8.45. The van der Waals surface area contributed by atoms with E-state index in [0.717, 1.165) is 19.3 Å². The number of hydrogen-bond acceptors (Lipinski definition) is 8. The highest BCUT2D eigenvalue weighted by atomic mass is 32.2. The van der Waals surface area contributed by atoms with Gasteiger partial charge in [-0.25, -0.2) is 13.2 Å². The first-order valence-electron chi connectivity index (χ1n) is 10.6. The molecule has 2 aromatic carbocycles. The number of rotatable bonds is 9. The number of nitrogens with zero attached hydrogens (tertiary/aromatic N) is 2. The number of methoxy groups -OCH3 is 1. The molecule has 0 aromatic heterocycles. The van der Waals surface area contributed by atoms with Gasteiger partial charge in [0.05, 0.1) is 12.7 Å². The molecular formula is C23H25N3O7S. The lowest BCUT2D eigenvalue weighted by Crippen LogP contribution is -2.35. The van der Waals surface area contributed by atoms with Crippen LogP contribution in [0.25, 0.3) is 0 Å². The largest absolute Gasteiger partial charge is 0.495 e. The Morgan fingerprint density at radius 1 is 1.06 bits per heavy atom. The second kappa shape index (κ2) is 11.5. The fraction of sp³-hybridized carbons (Fsp3) is 0.348. The van der Waals surface area contributed by atoms with Crippen LogP contribution in [0.5, 0.6) is 11.5 Å². The van der Waals surface area contributed by atoms with Gasteiger partial charge in [-0.1, -0.05) is 18.6 Å². The number of amides is 1. The normalized spacial score (nSPS) is 14.0. The molecule has 11 heteroatoms. The number of ether oxygens (including phenoxy) is 3. The number of anilines is 1. The molecule has 10 nitrogen and oxygen atoms in total. The predicted molar refractivity (Wildman–Crippen MR) is 122 cm³/mol. The number of hydrogen-bond donors (Lipinski definition) is 1. The van der Waals surface area contributed by atoms with Gasteiger partial charge in [0, 0.05) is 18.8 Å². The average Bonchev–Trinajstić information content (AvgIpc) is 2.86. The highest BCUT2D eigenvalue weighted by Crippen LogP contribution is 2.31. The fourth-order valence-electron chi connectivity index (χ4n) is 3.41. The number of nitriles is 1. The number of benzene rings is 2. The van der Waals surface area contributed by atoms with Gasteiger partial charge >= 0.3 is 5.97 Å². The quantitative estimate of drug-likeness (QED) is 0.533. The van der Waals surface area contributed by atoms with Gasteiger partial charge in [-0.3, -0.25) is 4.79 Å². The van der Waals surface area contributed by atoms with Crippen LogP contribution in [0, 0.1) is 11.3 Å². The van der Waals surface area contributed by atoms with E-state index in [4.69, 9.17) is 19.5 Å². The molecule has 0 radical (unpaired) electrons. The van der Waals surface area contributed by atoms with Gasteiger partial charge in [0.25, 0.3) is 5.91 Å². The molecule has 1 amide bonds. The maximum atomic E-state index is 13.1. The molecule has 0 aliphatic carbocycles. The minimum atomic E-state index is -3.80. The van der Waals surface area contributed by atoms with E-state index in [2.05, 4.69) is 5.32 Å². The summed E-state index contributed by atoms with van der Waals surface area (Å²) in [4.78, 5) is 24.1. The molecule has 1 N–H and O–H groups in total. The molecule has 1 heterocycles. The summed E-state index contributed by atoms with van der Waals surface area (Å²) in [5, 5.41) is 11.5. The zero-order valence-electron chi connectivity index (χ0n) is 18.7. The Labute approximate surface area is 198 Å².